The molecular weight excluding hydrogens is 170 g/mol. The molecule has 0 aliphatic rings. The second-order valence-electron chi connectivity index (χ2n) is 2.74. The Balaban J connectivity index is 3.34. The smallest absolute Gasteiger partial charge is 0.332 e. The van der Waals surface area contributed by atoms with E-state index in [1.165, 1.54) is 13.1 Å². The average molecular weight is 187 g/mol. The van der Waals surface area contributed by atoms with Crippen LogP contribution < -0.4 is 5.32 Å². The van der Waals surface area contributed by atoms with E-state index in [4.69, 9.17) is 9.84 Å². The molecule has 0 saturated carbocycles. The minimum Gasteiger partial charge on any atom is -0.478 e. The molecule has 0 rings (SSSR count). The Hall–Kier alpha value is -1.03. The number of nitrogens with one attached hydrogen (secondary N) is 1. The zero-order valence-corrected chi connectivity index (χ0v) is 8.17. The SMILES string of the molecule is CCCCOCNC=C(C)C(=O)O. The second kappa shape index (κ2) is 7.61. The van der Waals surface area contributed by atoms with Crippen molar-refractivity contribution in [1.29, 1.82) is 0 Å². The highest BCUT2D eigenvalue weighted by atomic mass is 16.5. The molecule has 0 heterocycles. The van der Waals surface area contributed by atoms with Gasteiger partial charge >= 0.3 is 5.97 Å². The topological polar surface area (TPSA) is 58.6 Å². The summed E-state index contributed by atoms with van der Waals surface area (Å²) in [7, 11) is 0. The Labute approximate surface area is 78.6 Å². The van der Waals surface area contributed by atoms with Crippen molar-refractivity contribution in [2.24, 2.45) is 0 Å². The lowest BCUT2D eigenvalue weighted by molar-refractivity contribution is -0.132. The average Bonchev–Trinajstić information content (AvgIpc) is 2.10. The van der Waals surface area contributed by atoms with Crippen molar-refractivity contribution in [2.75, 3.05) is 13.3 Å². The molecule has 0 atom stereocenters. The summed E-state index contributed by atoms with van der Waals surface area (Å²) in [5, 5.41) is 11.2. The summed E-state index contributed by atoms with van der Waals surface area (Å²) in [4.78, 5) is 10.3. The van der Waals surface area contributed by atoms with Gasteiger partial charge in [0.25, 0.3) is 0 Å². The van der Waals surface area contributed by atoms with E-state index >= 15 is 0 Å². The molecule has 0 bridgehead atoms. The molecule has 0 amide bonds. The quantitative estimate of drug-likeness (QED) is 0.359. The number of ether oxygens (including phenoxy) is 1. The van der Waals surface area contributed by atoms with Gasteiger partial charge in [0.05, 0.1) is 0 Å². The van der Waals surface area contributed by atoms with E-state index in [0.717, 1.165) is 12.8 Å². The number of unbranched alkanes of at least 4 members (excludes halogenated alkanes) is 1. The maximum atomic E-state index is 10.3. The van der Waals surface area contributed by atoms with Crippen LogP contribution in [0.5, 0.6) is 0 Å². The van der Waals surface area contributed by atoms with Crippen LogP contribution >= 0.6 is 0 Å². The minimum absolute atomic E-state index is 0.277. The molecule has 76 valence electrons. The lowest BCUT2D eigenvalue weighted by atomic mass is 10.3. The van der Waals surface area contributed by atoms with Crippen LogP contribution in [0.1, 0.15) is 26.7 Å². The standard InChI is InChI=1S/C9H17NO3/c1-3-4-5-13-7-10-6-8(2)9(11)12/h6,10H,3-5,7H2,1-2H3,(H,11,12). The third-order valence-electron chi connectivity index (χ3n) is 1.48. The number of carbonyl (C=O) groups is 1. The van der Waals surface area contributed by atoms with Crippen LogP contribution in [0.25, 0.3) is 0 Å². The second-order valence-corrected chi connectivity index (χ2v) is 2.74. The van der Waals surface area contributed by atoms with Crippen LogP contribution in [-0.4, -0.2) is 24.4 Å². The molecule has 0 aromatic carbocycles. The highest BCUT2D eigenvalue weighted by Crippen LogP contribution is 1.89. The van der Waals surface area contributed by atoms with Gasteiger partial charge in [0.1, 0.15) is 6.73 Å². The lowest BCUT2D eigenvalue weighted by Crippen LogP contribution is -2.13. The molecule has 0 saturated heterocycles. The van der Waals surface area contributed by atoms with Crippen molar-refractivity contribution < 1.29 is 14.6 Å². The summed E-state index contributed by atoms with van der Waals surface area (Å²) in [5.41, 5.74) is 0.277. The van der Waals surface area contributed by atoms with E-state index in [9.17, 15) is 4.79 Å². The van der Waals surface area contributed by atoms with Crippen molar-refractivity contribution >= 4 is 5.97 Å². The zero-order valence-electron chi connectivity index (χ0n) is 8.17. The fourth-order valence-corrected chi connectivity index (χ4v) is 0.634. The molecule has 0 aromatic rings. The van der Waals surface area contributed by atoms with Gasteiger partial charge in [0.15, 0.2) is 0 Å². The van der Waals surface area contributed by atoms with Crippen molar-refractivity contribution in [3.8, 4) is 0 Å². The van der Waals surface area contributed by atoms with E-state index in [1.54, 1.807) is 0 Å². The molecule has 4 heteroatoms. The van der Waals surface area contributed by atoms with Gasteiger partial charge in [-0.3, -0.25) is 0 Å². The molecule has 0 aromatic heterocycles. The van der Waals surface area contributed by atoms with Crippen LogP contribution in [0, 0.1) is 0 Å². The summed E-state index contributed by atoms with van der Waals surface area (Å²) in [6, 6.07) is 0. The number of hydrogen-bond donors (Lipinski definition) is 2. The molecule has 0 aliphatic heterocycles. The summed E-state index contributed by atoms with van der Waals surface area (Å²) in [6.07, 6.45) is 3.57. The van der Waals surface area contributed by atoms with Crippen LogP contribution in [-0.2, 0) is 9.53 Å². The molecular formula is C9H17NO3. The molecule has 13 heavy (non-hydrogen) atoms. The Bertz CT molecular complexity index is 178. The fourth-order valence-electron chi connectivity index (χ4n) is 0.634. The van der Waals surface area contributed by atoms with Crippen LogP contribution in [0.4, 0.5) is 0 Å². The van der Waals surface area contributed by atoms with Gasteiger partial charge in [-0.1, -0.05) is 13.3 Å². The first-order valence-corrected chi connectivity index (χ1v) is 4.39. The largest absolute Gasteiger partial charge is 0.478 e. The predicted molar refractivity (Wildman–Crippen MR) is 50.3 cm³/mol. The van der Waals surface area contributed by atoms with Gasteiger partial charge < -0.3 is 15.2 Å². The first kappa shape index (κ1) is 12.0. The van der Waals surface area contributed by atoms with E-state index in [2.05, 4.69) is 12.2 Å². The highest BCUT2D eigenvalue weighted by Gasteiger charge is 1.96. The van der Waals surface area contributed by atoms with Crippen molar-refractivity contribution in [1.82, 2.24) is 5.32 Å². The summed E-state index contributed by atoms with van der Waals surface area (Å²) < 4.78 is 5.16. The Morgan fingerprint density at radius 3 is 2.85 bits per heavy atom. The van der Waals surface area contributed by atoms with Crippen LogP contribution in [0.15, 0.2) is 11.8 Å². The zero-order chi connectivity index (χ0) is 10.1. The Kier molecular flexibility index (Phi) is 7.01. The molecule has 0 aliphatic carbocycles. The minimum atomic E-state index is -0.916. The molecule has 0 unspecified atom stereocenters. The van der Waals surface area contributed by atoms with Gasteiger partial charge in [-0.25, -0.2) is 4.79 Å². The third-order valence-corrected chi connectivity index (χ3v) is 1.48. The Morgan fingerprint density at radius 2 is 2.31 bits per heavy atom. The molecule has 0 radical (unpaired) electrons. The van der Waals surface area contributed by atoms with Crippen LogP contribution in [0.3, 0.4) is 0 Å². The summed E-state index contributed by atoms with van der Waals surface area (Å²) in [5.74, 6) is -0.916. The van der Waals surface area contributed by atoms with Crippen molar-refractivity contribution in [2.45, 2.75) is 26.7 Å². The van der Waals surface area contributed by atoms with Gasteiger partial charge in [-0.2, -0.15) is 0 Å². The molecule has 4 nitrogen and oxygen atoms in total. The number of carboxylic acid groups (broad SMARTS) is 1. The number of carboxylic acids is 1. The van der Waals surface area contributed by atoms with Crippen molar-refractivity contribution in [3.05, 3.63) is 11.8 Å². The van der Waals surface area contributed by atoms with Crippen LogP contribution in [0.2, 0.25) is 0 Å². The number of hydrogen-bond acceptors (Lipinski definition) is 3. The first-order valence-electron chi connectivity index (χ1n) is 4.39. The number of rotatable bonds is 7. The summed E-state index contributed by atoms with van der Waals surface area (Å²) >= 11 is 0. The normalized spacial score (nSPS) is 11.4. The maximum absolute atomic E-state index is 10.3. The van der Waals surface area contributed by atoms with E-state index in [-0.39, 0.29) is 5.57 Å². The maximum Gasteiger partial charge on any atom is 0.332 e. The monoisotopic (exact) mass is 187 g/mol. The molecule has 0 fully saturated rings. The lowest BCUT2D eigenvalue weighted by Gasteiger charge is -2.02. The third kappa shape index (κ3) is 7.33. The van der Waals surface area contributed by atoms with E-state index in [1.807, 2.05) is 0 Å². The van der Waals surface area contributed by atoms with Gasteiger partial charge in [0, 0.05) is 18.4 Å². The molecule has 2 N–H and O–H groups in total. The highest BCUT2D eigenvalue weighted by molar-refractivity contribution is 5.85. The Morgan fingerprint density at radius 1 is 1.62 bits per heavy atom. The van der Waals surface area contributed by atoms with Gasteiger partial charge in [-0.15, -0.1) is 0 Å². The van der Waals surface area contributed by atoms with Crippen molar-refractivity contribution in [3.63, 3.8) is 0 Å². The van der Waals surface area contributed by atoms with E-state index < -0.39 is 5.97 Å². The van der Waals surface area contributed by atoms with Gasteiger partial charge in [0.2, 0.25) is 0 Å². The summed E-state index contributed by atoms with van der Waals surface area (Å²) in [6.45, 7) is 4.70. The van der Waals surface area contributed by atoms with Gasteiger partial charge in [-0.05, 0) is 13.3 Å². The number of aliphatic carboxylic acids is 1. The van der Waals surface area contributed by atoms with E-state index in [0.29, 0.717) is 13.3 Å². The fraction of sp³-hybridized carbons (Fsp3) is 0.667. The molecule has 0 spiro atoms. The predicted octanol–water partition coefficient (Wildman–Crippen LogP) is 1.34. The first-order chi connectivity index (χ1) is 6.18.